The molecule has 1 heterocycles. The number of nitrogens with one attached hydrogen (secondary N) is 2. The van der Waals surface area contributed by atoms with E-state index in [1.54, 1.807) is 20.4 Å². The van der Waals surface area contributed by atoms with Crippen molar-refractivity contribution in [3.8, 4) is 23.0 Å². The lowest BCUT2D eigenvalue weighted by atomic mass is 10.1. The molecule has 2 amide bonds. The van der Waals surface area contributed by atoms with Crippen LogP contribution in [0.25, 0.3) is 21.7 Å². The lowest BCUT2D eigenvalue weighted by molar-refractivity contribution is 0.251. The molecule has 1 aliphatic rings. The van der Waals surface area contributed by atoms with Gasteiger partial charge in [-0.15, -0.1) is 0 Å². The number of methoxy groups -OCH3 is 2. The molecule has 33 heavy (non-hydrogen) atoms. The number of pyridine rings is 1. The van der Waals surface area contributed by atoms with Crippen LogP contribution < -0.4 is 24.8 Å². The van der Waals surface area contributed by atoms with Crippen LogP contribution in [0.3, 0.4) is 0 Å². The topological polar surface area (TPSA) is 81.7 Å². The van der Waals surface area contributed by atoms with Crippen molar-refractivity contribution < 1.29 is 19.0 Å². The first-order chi connectivity index (χ1) is 16.1. The van der Waals surface area contributed by atoms with Gasteiger partial charge in [-0.1, -0.05) is 12.1 Å². The number of urea groups is 1. The number of ether oxygens (including phenoxy) is 3. The summed E-state index contributed by atoms with van der Waals surface area (Å²) in [7, 11) is 3.20. The summed E-state index contributed by atoms with van der Waals surface area (Å²) in [5, 5.41) is 8.62. The van der Waals surface area contributed by atoms with Gasteiger partial charge in [0.1, 0.15) is 11.5 Å². The molecule has 2 N–H and O–H groups in total. The zero-order valence-electron chi connectivity index (χ0n) is 18.6. The van der Waals surface area contributed by atoms with Crippen molar-refractivity contribution in [3.05, 3.63) is 60.8 Å². The van der Waals surface area contributed by atoms with Crippen molar-refractivity contribution in [1.82, 2.24) is 10.3 Å². The van der Waals surface area contributed by atoms with Crippen LogP contribution in [0.4, 0.5) is 10.5 Å². The Morgan fingerprint density at radius 3 is 2.58 bits per heavy atom. The second kappa shape index (κ2) is 8.86. The zero-order valence-corrected chi connectivity index (χ0v) is 18.6. The Kier molecular flexibility index (Phi) is 5.60. The average Bonchev–Trinajstić information content (AvgIpc) is 3.67. The molecular formula is C26H25N3O4. The predicted molar refractivity (Wildman–Crippen MR) is 129 cm³/mol. The normalized spacial score (nSPS) is 13.0. The Labute approximate surface area is 191 Å². The number of amides is 2. The van der Waals surface area contributed by atoms with Crippen LogP contribution in [0.15, 0.2) is 60.8 Å². The first-order valence-electron chi connectivity index (χ1n) is 10.9. The van der Waals surface area contributed by atoms with Crippen LogP contribution in [-0.2, 0) is 0 Å². The fraction of sp³-hybridized carbons (Fsp3) is 0.231. The highest BCUT2D eigenvalue weighted by Crippen LogP contribution is 2.37. The number of aromatic nitrogens is 1. The summed E-state index contributed by atoms with van der Waals surface area (Å²) < 4.78 is 17.0. The van der Waals surface area contributed by atoms with Crippen molar-refractivity contribution in [3.63, 3.8) is 0 Å². The van der Waals surface area contributed by atoms with E-state index in [4.69, 9.17) is 14.2 Å². The maximum Gasteiger partial charge on any atom is 0.319 e. The molecule has 0 saturated heterocycles. The number of carbonyl (C=O) groups is 1. The SMILES string of the molecule is COc1cc2nccc(Oc3ccc4c(NC(=O)NCC5CC5)cccc4c3)c2cc1OC. The molecule has 7 heteroatoms. The summed E-state index contributed by atoms with van der Waals surface area (Å²) in [5.41, 5.74) is 1.51. The summed E-state index contributed by atoms with van der Waals surface area (Å²) in [6.45, 7) is 0.727. The van der Waals surface area contributed by atoms with Crippen LogP contribution >= 0.6 is 0 Å². The monoisotopic (exact) mass is 443 g/mol. The van der Waals surface area contributed by atoms with Gasteiger partial charge in [0.25, 0.3) is 0 Å². The Balaban J connectivity index is 1.41. The molecule has 4 aromatic rings. The van der Waals surface area contributed by atoms with E-state index >= 15 is 0 Å². The lowest BCUT2D eigenvalue weighted by Crippen LogP contribution is -2.30. The maximum atomic E-state index is 12.2. The summed E-state index contributed by atoms with van der Waals surface area (Å²) in [6, 6.07) is 16.9. The Morgan fingerprint density at radius 1 is 0.970 bits per heavy atom. The molecule has 7 nitrogen and oxygen atoms in total. The van der Waals surface area contributed by atoms with E-state index in [9.17, 15) is 4.79 Å². The number of nitrogens with zero attached hydrogens (tertiary/aromatic N) is 1. The highest BCUT2D eigenvalue weighted by molar-refractivity contribution is 6.02. The number of fused-ring (bicyclic) bond motifs is 2. The maximum absolute atomic E-state index is 12.2. The molecule has 1 fully saturated rings. The quantitative estimate of drug-likeness (QED) is 0.381. The third-order valence-electron chi connectivity index (χ3n) is 5.78. The smallest absolute Gasteiger partial charge is 0.319 e. The molecule has 0 aliphatic heterocycles. The first kappa shape index (κ1) is 20.9. The molecule has 0 atom stereocenters. The summed E-state index contributed by atoms with van der Waals surface area (Å²) in [6.07, 6.45) is 4.10. The van der Waals surface area contributed by atoms with E-state index in [0.717, 1.165) is 33.9 Å². The van der Waals surface area contributed by atoms with Crippen molar-refractivity contribution in [2.75, 3.05) is 26.1 Å². The zero-order chi connectivity index (χ0) is 22.8. The fourth-order valence-corrected chi connectivity index (χ4v) is 3.82. The summed E-state index contributed by atoms with van der Waals surface area (Å²) in [4.78, 5) is 16.7. The van der Waals surface area contributed by atoms with Crippen molar-refractivity contribution in [2.45, 2.75) is 12.8 Å². The Hall–Kier alpha value is -4.00. The van der Waals surface area contributed by atoms with Crippen molar-refractivity contribution in [1.29, 1.82) is 0 Å². The molecule has 168 valence electrons. The van der Waals surface area contributed by atoms with Crippen molar-refractivity contribution >= 4 is 33.4 Å². The predicted octanol–water partition coefficient (Wildman–Crippen LogP) is 5.73. The van der Waals surface area contributed by atoms with Crippen LogP contribution in [0.1, 0.15) is 12.8 Å². The van der Waals surface area contributed by atoms with Gasteiger partial charge in [-0.05, 0) is 60.5 Å². The number of rotatable bonds is 7. The van der Waals surface area contributed by atoms with Gasteiger partial charge < -0.3 is 24.8 Å². The number of hydrogen-bond acceptors (Lipinski definition) is 5. The van der Waals surface area contributed by atoms with Gasteiger partial charge in [-0.2, -0.15) is 0 Å². The van der Waals surface area contributed by atoms with Crippen LogP contribution in [0, 0.1) is 5.92 Å². The Bertz CT molecular complexity index is 1330. The standard InChI is InChI=1S/C26H25N3O4/c1-31-24-13-20-22(14-25(24)32-2)27-11-10-23(20)33-18-8-9-19-17(12-18)4-3-5-21(19)29-26(30)28-15-16-6-7-16/h3-5,8-14,16H,6-7,15H2,1-2H3,(H2,28,29,30). The van der Waals surface area contributed by atoms with Gasteiger partial charge in [0, 0.05) is 29.6 Å². The van der Waals surface area contributed by atoms with E-state index in [1.165, 1.54) is 12.8 Å². The molecule has 1 aromatic heterocycles. The highest BCUT2D eigenvalue weighted by Gasteiger charge is 2.21. The van der Waals surface area contributed by atoms with Gasteiger partial charge >= 0.3 is 6.03 Å². The Morgan fingerprint density at radius 2 is 1.79 bits per heavy atom. The van der Waals surface area contributed by atoms with Gasteiger partial charge in [0.2, 0.25) is 0 Å². The third-order valence-corrected chi connectivity index (χ3v) is 5.78. The van der Waals surface area contributed by atoms with Crippen LogP contribution in [-0.4, -0.2) is 31.8 Å². The van der Waals surface area contributed by atoms with Gasteiger partial charge in [-0.3, -0.25) is 4.98 Å². The van der Waals surface area contributed by atoms with E-state index in [0.29, 0.717) is 28.9 Å². The highest BCUT2D eigenvalue weighted by atomic mass is 16.5. The van der Waals surface area contributed by atoms with E-state index < -0.39 is 0 Å². The van der Waals surface area contributed by atoms with Crippen LogP contribution in [0.5, 0.6) is 23.0 Å². The minimum Gasteiger partial charge on any atom is -0.493 e. The van der Waals surface area contributed by atoms with E-state index in [-0.39, 0.29) is 6.03 Å². The number of anilines is 1. The third kappa shape index (κ3) is 4.48. The molecule has 1 aliphatic carbocycles. The lowest BCUT2D eigenvalue weighted by Gasteiger charge is -2.13. The molecule has 5 rings (SSSR count). The largest absolute Gasteiger partial charge is 0.493 e. The number of hydrogen-bond donors (Lipinski definition) is 2. The van der Waals surface area contributed by atoms with Crippen molar-refractivity contribution in [2.24, 2.45) is 5.92 Å². The summed E-state index contributed by atoms with van der Waals surface area (Å²) in [5.74, 6) is 3.20. The summed E-state index contributed by atoms with van der Waals surface area (Å²) >= 11 is 0. The first-order valence-corrected chi connectivity index (χ1v) is 10.9. The number of carbonyl (C=O) groups excluding carboxylic acids is 1. The molecule has 1 saturated carbocycles. The molecule has 0 spiro atoms. The molecule has 0 bridgehead atoms. The van der Waals surface area contributed by atoms with Gasteiger partial charge in [0.05, 0.1) is 25.4 Å². The fourth-order valence-electron chi connectivity index (χ4n) is 3.82. The van der Waals surface area contributed by atoms with Gasteiger partial charge in [-0.25, -0.2) is 4.79 Å². The average molecular weight is 444 g/mol. The molecular weight excluding hydrogens is 418 g/mol. The molecule has 3 aromatic carbocycles. The second-order valence-electron chi connectivity index (χ2n) is 8.10. The molecule has 0 radical (unpaired) electrons. The van der Waals surface area contributed by atoms with E-state index in [1.807, 2.05) is 54.6 Å². The minimum absolute atomic E-state index is 0.178. The number of benzene rings is 3. The molecule has 0 unspecified atom stereocenters. The van der Waals surface area contributed by atoms with Crippen LogP contribution in [0.2, 0.25) is 0 Å². The van der Waals surface area contributed by atoms with E-state index in [2.05, 4.69) is 15.6 Å². The second-order valence-corrected chi connectivity index (χ2v) is 8.10. The minimum atomic E-state index is -0.178. The van der Waals surface area contributed by atoms with Gasteiger partial charge in [0.15, 0.2) is 11.5 Å².